The lowest BCUT2D eigenvalue weighted by Crippen LogP contribution is -2.28. The number of hydrogen-bond donors (Lipinski definition) is 2. The monoisotopic (exact) mass is 789 g/mol. The molecular weight excluding hydrogens is 695 g/mol. The normalized spacial score (nSPS) is 12.4. The first-order chi connectivity index (χ1) is 26.4. The summed E-state index contributed by atoms with van der Waals surface area (Å²) in [5.74, 6) is -0.354. The summed E-state index contributed by atoms with van der Waals surface area (Å²) < 4.78 is 27.1. The van der Waals surface area contributed by atoms with E-state index >= 15 is 0 Å². The average molecular weight is 789 g/mol. The highest BCUT2D eigenvalue weighted by Crippen LogP contribution is 2.36. The molecule has 7 nitrogen and oxygen atoms in total. The van der Waals surface area contributed by atoms with Gasteiger partial charge >= 0.3 is 13.8 Å². The van der Waals surface area contributed by atoms with Crippen LogP contribution in [0.15, 0.2) is 0 Å². The first-order valence-electron chi connectivity index (χ1n) is 23.9. The van der Waals surface area contributed by atoms with Crippen molar-refractivity contribution >= 4 is 13.8 Å². The topological polar surface area (TPSA) is 102 Å². The molecule has 0 aromatic rings. The molecule has 0 bridgehead atoms. The van der Waals surface area contributed by atoms with E-state index < -0.39 is 13.9 Å². The second-order valence-electron chi connectivity index (χ2n) is 16.5. The third kappa shape index (κ3) is 45.9. The molecule has 0 amide bonds. The Morgan fingerprint density at radius 2 is 0.704 bits per heavy atom. The molecule has 0 fully saturated rings. The van der Waals surface area contributed by atoms with Crippen molar-refractivity contribution in [3.8, 4) is 0 Å². The van der Waals surface area contributed by atoms with Crippen LogP contribution in [-0.2, 0) is 23.4 Å². The second-order valence-corrected chi connectivity index (χ2v) is 17.7. The van der Waals surface area contributed by atoms with E-state index in [0.29, 0.717) is 13.0 Å². The van der Waals surface area contributed by atoms with E-state index in [1.807, 2.05) is 0 Å². The molecule has 0 saturated heterocycles. The van der Waals surface area contributed by atoms with Gasteiger partial charge in [0.2, 0.25) is 0 Å². The van der Waals surface area contributed by atoms with Gasteiger partial charge in [0.1, 0.15) is 6.10 Å². The number of carbonyl (C=O) groups is 1. The smallest absolute Gasteiger partial charge is 0.457 e. The molecule has 0 unspecified atom stereocenters. The van der Waals surface area contributed by atoms with Gasteiger partial charge < -0.3 is 19.3 Å². The summed E-state index contributed by atoms with van der Waals surface area (Å²) in [4.78, 5) is 30.7. The molecule has 8 heteroatoms. The Bertz CT molecular complexity index is 789. The summed E-state index contributed by atoms with van der Waals surface area (Å²) in [5.41, 5.74) is 0. The van der Waals surface area contributed by atoms with Crippen LogP contribution in [0.3, 0.4) is 0 Å². The number of rotatable bonds is 46. The Kier molecular flexibility index (Phi) is 43.3. The van der Waals surface area contributed by atoms with Gasteiger partial charge in [-0.2, -0.15) is 0 Å². The Hall–Kier alpha value is -0.460. The molecule has 0 spiro atoms. The van der Waals surface area contributed by atoms with Gasteiger partial charge in [-0.1, -0.05) is 245 Å². The fourth-order valence-corrected chi connectivity index (χ4v) is 7.75. The molecule has 0 aliphatic rings. The van der Waals surface area contributed by atoms with Crippen molar-refractivity contribution in [3.05, 3.63) is 0 Å². The summed E-state index contributed by atoms with van der Waals surface area (Å²) in [6, 6.07) is 0. The Balaban J connectivity index is 3.64. The molecule has 0 heterocycles. The summed E-state index contributed by atoms with van der Waals surface area (Å²) in [6.45, 7) is 4.82. The minimum Gasteiger partial charge on any atom is -0.457 e. The van der Waals surface area contributed by atoms with Crippen molar-refractivity contribution in [2.75, 3.05) is 19.8 Å². The van der Waals surface area contributed by atoms with Gasteiger partial charge in [0.25, 0.3) is 0 Å². The van der Waals surface area contributed by atoms with Crippen molar-refractivity contribution in [2.45, 2.75) is 270 Å². The van der Waals surface area contributed by atoms with Crippen LogP contribution < -0.4 is 0 Å². The maximum absolute atomic E-state index is 12.4. The van der Waals surface area contributed by atoms with Crippen molar-refractivity contribution in [1.29, 1.82) is 0 Å². The molecule has 324 valence electrons. The van der Waals surface area contributed by atoms with Crippen LogP contribution in [-0.4, -0.2) is 41.7 Å². The van der Waals surface area contributed by atoms with Gasteiger partial charge in [0.15, 0.2) is 0 Å². The van der Waals surface area contributed by atoms with Crippen LogP contribution in [0.4, 0.5) is 0 Å². The fourth-order valence-electron chi connectivity index (χ4n) is 7.39. The van der Waals surface area contributed by atoms with Crippen molar-refractivity contribution < 1.29 is 33.1 Å². The highest BCUT2D eigenvalue weighted by atomic mass is 31.2. The largest absolute Gasteiger partial charge is 0.469 e. The maximum atomic E-state index is 12.4. The SMILES string of the molecule is CCCCCCCCCCCCCCCCCCCCCCCCCCC(=O)O[C@H](COCCCCCCCCCCCCCCCC)COP(=O)(O)O. The number of phosphoric acid groups is 1. The molecule has 0 aromatic carbocycles. The molecule has 0 rings (SSSR count). The van der Waals surface area contributed by atoms with Gasteiger partial charge in [-0.3, -0.25) is 9.32 Å². The van der Waals surface area contributed by atoms with E-state index in [-0.39, 0.29) is 19.2 Å². The van der Waals surface area contributed by atoms with Gasteiger partial charge in [0, 0.05) is 13.0 Å². The van der Waals surface area contributed by atoms with E-state index in [4.69, 9.17) is 19.3 Å². The van der Waals surface area contributed by atoms with Crippen LogP contribution in [0.1, 0.15) is 264 Å². The number of phosphoric ester groups is 1. The maximum Gasteiger partial charge on any atom is 0.469 e. The van der Waals surface area contributed by atoms with E-state index in [9.17, 15) is 9.36 Å². The second kappa shape index (κ2) is 43.7. The first kappa shape index (κ1) is 53.5. The summed E-state index contributed by atoms with van der Waals surface area (Å²) in [5, 5.41) is 0. The first-order valence-corrected chi connectivity index (χ1v) is 25.4. The molecule has 0 saturated carbocycles. The fraction of sp³-hybridized carbons (Fsp3) is 0.978. The summed E-state index contributed by atoms with van der Waals surface area (Å²) >= 11 is 0. The van der Waals surface area contributed by atoms with E-state index in [0.717, 1.165) is 32.1 Å². The standard InChI is InChI=1S/C46H93O7P/c1-3-5-7-9-11-13-15-17-19-20-21-22-23-24-25-26-27-28-29-31-33-35-37-39-41-46(47)53-45(44-52-54(48,49)50)43-51-42-40-38-36-34-32-30-18-16-14-12-10-8-6-4-2/h45H,3-44H2,1-2H3,(H2,48,49,50)/t45-/m1/s1. The van der Waals surface area contributed by atoms with E-state index in [1.54, 1.807) is 0 Å². The zero-order valence-electron chi connectivity index (χ0n) is 36.2. The lowest BCUT2D eigenvalue weighted by molar-refractivity contribution is -0.154. The van der Waals surface area contributed by atoms with E-state index in [2.05, 4.69) is 18.4 Å². The van der Waals surface area contributed by atoms with Crippen LogP contribution in [0.25, 0.3) is 0 Å². The minimum atomic E-state index is -4.65. The Morgan fingerprint density at radius 3 is 1.00 bits per heavy atom. The number of unbranched alkanes of at least 4 members (excludes halogenated alkanes) is 36. The molecule has 0 aliphatic carbocycles. The molecule has 54 heavy (non-hydrogen) atoms. The predicted octanol–water partition coefficient (Wildman–Crippen LogP) is 15.3. The molecular formula is C46H93O7P. The van der Waals surface area contributed by atoms with E-state index in [1.165, 1.54) is 212 Å². The summed E-state index contributed by atoms with van der Waals surface area (Å²) in [6.07, 6.45) is 49.7. The van der Waals surface area contributed by atoms with Gasteiger partial charge in [-0.25, -0.2) is 4.57 Å². The zero-order chi connectivity index (χ0) is 39.5. The quantitative estimate of drug-likeness (QED) is 0.0360. The van der Waals surface area contributed by atoms with Gasteiger partial charge in [-0.05, 0) is 12.8 Å². The highest BCUT2D eigenvalue weighted by Gasteiger charge is 2.21. The van der Waals surface area contributed by atoms with Gasteiger partial charge in [-0.15, -0.1) is 0 Å². The number of esters is 1. The predicted molar refractivity (Wildman–Crippen MR) is 230 cm³/mol. The van der Waals surface area contributed by atoms with Gasteiger partial charge in [0.05, 0.1) is 13.2 Å². The third-order valence-electron chi connectivity index (χ3n) is 10.9. The number of ether oxygens (including phenoxy) is 2. The minimum absolute atomic E-state index is 0.0869. The van der Waals surface area contributed by atoms with Crippen molar-refractivity contribution in [3.63, 3.8) is 0 Å². The van der Waals surface area contributed by atoms with Crippen LogP contribution >= 0.6 is 7.82 Å². The number of carbonyl (C=O) groups excluding carboxylic acids is 1. The highest BCUT2D eigenvalue weighted by molar-refractivity contribution is 7.46. The molecule has 2 N–H and O–H groups in total. The van der Waals surface area contributed by atoms with Crippen LogP contribution in [0.5, 0.6) is 0 Å². The Morgan fingerprint density at radius 1 is 0.426 bits per heavy atom. The van der Waals surface area contributed by atoms with Crippen LogP contribution in [0, 0.1) is 0 Å². The van der Waals surface area contributed by atoms with Crippen molar-refractivity contribution in [2.24, 2.45) is 0 Å². The molecule has 0 radical (unpaired) electrons. The molecule has 0 aliphatic heterocycles. The zero-order valence-corrected chi connectivity index (χ0v) is 37.1. The summed E-state index contributed by atoms with van der Waals surface area (Å²) in [7, 11) is -4.65. The Labute approximate surface area is 336 Å². The lowest BCUT2D eigenvalue weighted by Gasteiger charge is -2.18. The molecule has 1 atom stereocenters. The lowest BCUT2D eigenvalue weighted by atomic mass is 10.0. The molecule has 0 aromatic heterocycles. The van der Waals surface area contributed by atoms with Crippen molar-refractivity contribution in [1.82, 2.24) is 0 Å². The third-order valence-corrected chi connectivity index (χ3v) is 11.4. The average Bonchev–Trinajstić information content (AvgIpc) is 3.15. The number of hydrogen-bond acceptors (Lipinski definition) is 5. The van der Waals surface area contributed by atoms with Crippen LogP contribution in [0.2, 0.25) is 0 Å².